The number of carbonyl (C=O) groups excluding carboxylic acids is 1. The van der Waals surface area contributed by atoms with Crippen LogP contribution in [0.3, 0.4) is 0 Å². The summed E-state index contributed by atoms with van der Waals surface area (Å²) in [7, 11) is 2.11. The number of piperidine rings is 1. The highest BCUT2D eigenvalue weighted by molar-refractivity contribution is 9.10. The van der Waals surface area contributed by atoms with Crippen LogP contribution >= 0.6 is 15.9 Å². The molecule has 0 radical (unpaired) electrons. The molecule has 1 spiro atoms. The number of nitrogens with zero attached hydrogens (tertiary/aromatic N) is 1. The first kappa shape index (κ1) is 11.2. The number of carbonyl (C=O) groups is 1. The first-order valence-corrected chi connectivity index (χ1v) is 6.71. The van der Waals surface area contributed by atoms with E-state index in [1.807, 2.05) is 12.1 Å². The number of amides is 1. The Morgan fingerprint density at radius 3 is 2.76 bits per heavy atom. The molecule has 3 rings (SSSR count). The second-order valence-electron chi connectivity index (χ2n) is 5.03. The molecular weight excluding hydrogens is 280 g/mol. The minimum Gasteiger partial charge on any atom is -0.325 e. The minimum absolute atomic E-state index is 0.179. The van der Waals surface area contributed by atoms with Crippen molar-refractivity contribution in [3.8, 4) is 0 Å². The van der Waals surface area contributed by atoms with Crippen molar-refractivity contribution in [2.75, 3.05) is 25.5 Å². The maximum absolute atomic E-state index is 12.3. The maximum atomic E-state index is 12.3. The number of anilines is 1. The van der Waals surface area contributed by atoms with Gasteiger partial charge < -0.3 is 10.2 Å². The molecule has 2 heterocycles. The van der Waals surface area contributed by atoms with Gasteiger partial charge in [0.15, 0.2) is 0 Å². The summed E-state index contributed by atoms with van der Waals surface area (Å²) in [5, 5.41) is 3.02. The predicted molar refractivity (Wildman–Crippen MR) is 71.2 cm³/mol. The molecule has 1 aromatic carbocycles. The van der Waals surface area contributed by atoms with Crippen molar-refractivity contribution in [2.45, 2.75) is 18.3 Å². The molecule has 0 bridgehead atoms. The fourth-order valence-electron chi connectivity index (χ4n) is 2.88. The molecule has 1 saturated heterocycles. The van der Waals surface area contributed by atoms with Gasteiger partial charge in [0.05, 0.1) is 5.41 Å². The summed E-state index contributed by atoms with van der Waals surface area (Å²) >= 11 is 3.50. The second-order valence-corrected chi connectivity index (χ2v) is 5.95. The Labute approximate surface area is 109 Å². The van der Waals surface area contributed by atoms with Crippen LogP contribution in [0.15, 0.2) is 22.7 Å². The number of nitrogens with one attached hydrogen (secondary N) is 1. The largest absolute Gasteiger partial charge is 0.325 e. The van der Waals surface area contributed by atoms with Crippen molar-refractivity contribution < 1.29 is 4.79 Å². The average molecular weight is 295 g/mol. The summed E-state index contributed by atoms with van der Waals surface area (Å²) in [5.41, 5.74) is 1.87. The Bertz CT molecular complexity index is 478. The molecule has 90 valence electrons. The van der Waals surface area contributed by atoms with Crippen LogP contribution in [0.2, 0.25) is 0 Å². The van der Waals surface area contributed by atoms with Gasteiger partial charge in [-0.15, -0.1) is 0 Å². The van der Waals surface area contributed by atoms with Crippen molar-refractivity contribution in [1.29, 1.82) is 0 Å². The first-order valence-electron chi connectivity index (χ1n) is 5.92. The smallest absolute Gasteiger partial charge is 0.235 e. The van der Waals surface area contributed by atoms with E-state index in [9.17, 15) is 4.79 Å². The fraction of sp³-hybridized carbons (Fsp3) is 0.462. The van der Waals surface area contributed by atoms with E-state index < -0.39 is 0 Å². The van der Waals surface area contributed by atoms with Crippen molar-refractivity contribution in [3.05, 3.63) is 28.2 Å². The molecule has 0 unspecified atom stereocenters. The summed E-state index contributed by atoms with van der Waals surface area (Å²) in [6, 6.07) is 6.07. The van der Waals surface area contributed by atoms with Crippen LogP contribution in [-0.4, -0.2) is 30.9 Å². The van der Waals surface area contributed by atoms with Crippen LogP contribution in [0.25, 0.3) is 0 Å². The molecule has 1 N–H and O–H groups in total. The Kier molecular flexibility index (Phi) is 2.52. The van der Waals surface area contributed by atoms with E-state index in [4.69, 9.17) is 0 Å². The van der Waals surface area contributed by atoms with Gasteiger partial charge in [-0.25, -0.2) is 0 Å². The SMILES string of the molecule is CN1CCC2(CC1)C(=O)Nc1ccc(Br)cc12. The first-order chi connectivity index (χ1) is 8.12. The number of benzene rings is 1. The Morgan fingerprint density at radius 1 is 1.35 bits per heavy atom. The molecule has 3 nitrogen and oxygen atoms in total. The van der Waals surface area contributed by atoms with Gasteiger partial charge in [-0.05, 0) is 56.7 Å². The molecular formula is C13H15BrN2O. The Hall–Kier alpha value is -0.870. The molecule has 2 aliphatic heterocycles. The molecule has 0 aromatic heterocycles. The van der Waals surface area contributed by atoms with Crippen LogP contribution < -0.4 is 5.32 Å². The molecule has 4 heteroatoms. The highest BCUT2D eigenvalue weighted by Gasteiger charge is 2.47. The highest BCUT2D eigenvalue weighted by atomic mass is 79.9. The van der Waals surface area contributed by atoms with Gasteiger partial charge in [-0.2, -0.15) is 0 Å². The molecule has 1 fully saturated rings. The monoisotopic (exact) mass is 294 g/mol. The van der Waals surface area contributed by atoms with E-state index in [-0.39, 0.29) is 11.3 Å². The molecule has 2 aliphatic rings. The standard InChI is InChI=1S/C13H15BrN2O/c1-16-6-4-13(5-7-16)10-8-9(14)2-3-11(10)15-12(13)17/h2-3,8H,4-7H2,1H3,(H,15,17). The van der Waals surface area contributed by atoms with Gasteiger partial charge in [-0.1, -0.05) is 15.9 Å². The lowest BCUT2D eigenvalue weighted by Gasteiger charge is -2.36. The Balaban J connectivity index is 2.06. The number of fused-ring (bicyclic) bond motifs is 2. The Morgan fingerprint density at radius 2 is 2.06 bits per heavy atom. The van der Waals surface area contributed by atoms with Crippen LogP contribution in [0.4, 0.5) is 5.69 Å². The highest BCUT2D eigenvalue weighted by Crippen LogP contribution is 2.45. The topological polar surface area (TPSA) is 32.3 Å². The maximum Gasteiger partial charge on any atom is 0.235 e. The van der Waals surface area contributed by atoms with Crippen LogP contribution in [0.5, 0.6) is 0 Å². The quantitative estimate of drug-likeness (QED) is 0.797. The molecule has 0 saturated carbocycles. The summed E-state index contributed by atoms with van der Waals surface area (Å²) in [4.78, 5) is 14.6. The zero-order valence-corrected chi connectivity index (χ0v) is 11.4. The number of rotatable bonds is 0. The predicted octanol–water partition coefficient (Wildman–Crippen LogP) is 2.36. The van der Waals surface area contributed by atoms with Crippen molar-refractivity contribution in [2.24, 2.45) is 0 Å². The van der Waals surface area contributed by atoms with E-state index >= 15 is 0 Å². The van der Waals surface area contributed by atoms with Gasteiger partial charge in [-0.3, -0.25) is 4.79 Å². The van der Waals surface area contributed by atoms with E-state index in [1.54, 1.807) is 0 Å². The summed E-state index contributed by atoms with van der Waals surface area (Å²) in [6.45, 7) is 1.97. The van der Waals surface area contributed by atoms with Crippen LogP contribution in [0.1, 0.15) is 18.4 Å². The van der Waals surface area contributed by atoms with Crippen molar-refractivity contribution >= 4 is 27.5 Å². The van der Waals surface area contributed by atoms with E-state index in [0.717, 1.165) is 36.1 Å². The van der Waals surface area contributed by atoms with E-state index in [0.29, 0.717) is 0 Å². The van der Waals surface area contributed by atoms with Crippen LogP contribution in [-0.2, 0) is 10.2 Å². The third-order valence-electron chi connectivity index (χ3n) is 4.02. The zero-order valence-electron chi connectivity index (χ0n) is 9.79. The zero-order chi connectivity index (χ0) is 12.0. The lowest BCUT2D eigenvalue weighted by molar-refractivity contribution is -0.122. The molecule has 17 heavy (non-hydrogen) atoms. The molecule has 0 aliphatic carbocycles. The summed E-state index contributed by atoms with van der Waals surface area (Å²) in [6.07, 6.45) is 1.83. The van der Waals surface area contributed by atoms with Gasteiger partial charge in [0.1, 0.15) is 0 Å². The molecule has 1 amide bonds. The minimum atomic E-state index is -0.286. The second kappa shape index (κ2) is 3.82. The van der Waals surface area contributed by atoms with Crippen LogP contribution in [0, 0.1) is 0 Å². The number of halogens is 1. The molecule has 1 aromatic rings. The summed E-state index contributed by atoms with van der Waals surface area (Å²) in [5.74, 6) is 0.179. The third kappa shape index (κ3) is 1.62. The van der Waals surface area contributed by atoms with E-state index in [2.05, 4.69) is 39.3 Å². The fourth-order valence-corrected chi connectivity index (χ4v) is 3.24. The number of likely N-dealkylation sites (tertiary alicyclic amines) is 1. The summed E-state index contributed by atoms with van der Waals surface area (Å²) < 4.78 is 1.05. The van der Waals surface area contributed by atoms with Gasteiger partial charge >= 0.3 is 0 Å². The normalized spacial score (nSPS) is 22.6. The third-order valence-corrected chi connectivity index (χ3v) is 4.51. The van der Waals surface area contributed by atoms with Gasteiger partial charge in [0.2, 0.25) is 5.91 Å². The molecule has 0 atom stereocenters. The lowest BCUT2D eigenvalue weighted by Crippen LogP contribution is -2.45. The number of hydrogen-bond acceptors (Lipinski definition) is 2. The van der Waals surface area contributed by atoms with Gasteiger partial charge in [0.25, 0.3) is 0 Å². The van der Waals surface area contributed by atoms with E-state index in [1.165, 1.54) is 5.56 Å². The number of hydrogen-bond donors (Lipinski definition) is 1. The lowest BCUT2D eigenvalue weighted by atomic mass is 9.74. The van der Waals surface area contributed by atoms with Crippen molar-refractivity contribution in [3.63, 3.8) is 0 Å². The van der Waals surface area contributed by atoms with Gasteiger partial charge in [0, 0.05) is 10.2 Å². The van der Waals surface area contributed by atoms with Crippen molar-refractivity contribution in [1.82, 2.24) is 4.90 Å². The average Bonchev–Trinajstić information content (AvgIpc) is 2.57.